The molecule has 168 valence electrons. The summed E-state index contributed by atoms with van der Waals surface area (Å²) >= 11 is 1.31. The SMILES string of the molecule is CCN(C(=O)CSc1nnc(-c2ccncc2)n1-c1ccccc1C)[C@@H]1CCS(=O)(=O)C1. The van der Waals surface area contributed by atoms with Gasteiger partial charge in [0.05, 0.1) is 22.9 Å². The number of nitrogens with zero attached hydrogens (tertiary/aromatic N) is 5. The number of hydrogen-bond donors (Lipinski definition) is 0. The Morgan fingerprint density at radius 2 is 1.94 bits per heavy atom. The molecule has 1 saturated heterocycles. The Balaban J connectivity index is 1.61. The summed E-state index contributed by atoms with van der Waals surface area (Å²) in [6.45, 7) is 4.38. The van der Waals surface area contributed by atoms with E-state index in [-0.39, 0.29) is 29.2 Å². The predicted octanol–water partition coefficient (Wildman–Crippen LogP) is 2.77. The molecular formula is C22H25N5O3S2. The van der Waals surface area contributed by atoms with Gasteiger partial charge in [0.15, 0.2) is 20.8 Å². The highest BCUT2D eigenvalue weighted by Gasteiger charge is 2.34. The van der Waals surface area contributed by atoms with Gasteiger partial charge in [-0.3, -0.25) is 14.3 Å². The topological polar surface area (TPSA) is 98.1 Å². The third-order valence-electron chi connectivity index (χ3n) is 5.56. The second-order valence-electron chi connectivity index (χ2n) is 7.69. The Kier molecular flexibility index (Phi) is 6.61. The summed E-state index contributed by atoms with van der Waals surface area (Å²) in [5.74, 6) is 0.925. The lowest BCUT2D eigenvalue weighted by molar-refractivity contribution is -0.129. The maximum Gasteiger partial charge on any atom is 0.233 e. The monoisotopic (exact) mass is 471 g/mol. The lowest BCUT2D eigenvalue weighted by Gasteiger charge is -2.26. The number of carbonyl (C=O) groups is 1. The molecule has 32 heavy (non-hydrogen) atoms. The second-order valence-corrected chi connectivity index (χ2v) is 10.9. The highest BCUT2D eigenvalue weighted by Crippen LogP contribution is 2.29. The third-order valence-corrected chi connectivity index (χ3v) is 8.23. The van der Waals surface area contributed by atoms with E-state index in [2.05, 4.69) is 15.2 Å². The normalized spacial score (nSPS) is 17.4. The van der Waals surface area contributed by atoms with Crippen molar-refractivity contribution in [2.75, 3.05) is 23.8 Å². The maximum atomic E-state index is 13.0. The molecule has 0 aliphatic carbocycles. The van der Waals surface area contributed by atoms with E-state index >= 15 is 0 Å². The molecule has 3 heterocycles. The van der Waals surface area contributed by atoms with Gasteiger partial charge in [-0.25, -0.2) is 8.42 Å². The molecule has 10 heteroatoms. The molecule has 1 atom stereocenters. The van der Waals surface area contributed by atoms with Crippen molar-refractivity contribution in [2.24, 2.45) is 0 Å². The fraction of sp³-hybridized carbons (Fsp3) is 0.364. The molecule has 3 aromatic rings. The largest absolute Gasteiger partial charge is 0.338 e. The van der Waals surface area contributed by atoms with Gasteiger partial charge in [0.2, 0.25) is 5.91 Å². The standard InChI is InChI=1S/C22H25N5O3S2/c1-3-26(18-10-13-32(29,30)15-18)20(28)14-31-22-25-24-21(17-8-11-23-12-9-17)27(22)19-7-5-4-6-16(19)2/h4-9,11-12,18H,3,10,13-15H2,1-2H3/t18-/m1/s1. The van der Waals surface area contributed by atoms with Crippen LogP contribution in [0.2, 0.25) is 0 Å². The summed E-state index contributed by atoms with van der Waals surface area (Å²) in [4.78, 5) is 18.7. The van der Waals surface area contributed by atoms with Crippen LogP contribution < -0.4 is 0 Å². The van der Waals surface area contributed by atoms with E-state index in [1.807, 2.05) is 54.8 Å². The Labute approximate surface area is 192 Å². The van der Waals surface area contributed by atoms with Gasteiger partial charge in [-0.1, -0.05) is 30.0 Å². The van der Waals surface area contributed by atoms with E-state index < -0.39 is 9.84 Å². The number of aromatic nitrogens is 4. The minimum Gasteiger partial charge on any atom is -0.338 e. The first-order valence-corrected chi connectivity index (χ1v) is 13.2. The molecule has 1 aromatic carbocycles. The van der Waals surface area contributed by atoms with Gasteiger partial charge < -0.3 is 4.90 Å². The zero-order valence-corrected chi connectivity index (χ0v) is 19.6. The van der Waals surface area contributed by atoms with Crippen molar-refractivity contribution in [3.05, 3.63) is 54.4 Å². The summed E-state index contributed by atoms with van der Waals surface area (Å²) in [5.41, 5.74) is 2.87. The number of hydrogen-bond acceptors (Lipinski definition) is 7. The molecule has 1 aliphatic heterocycles. The molecule has 1 amide bonds. The summed E-state index contributed by atoms with van der Waals surface area (Å²) in [6.07, 6.45) is 3.91. The molecule has 0 unspecified atom stereocenters. The number of aryl methyl sites for hydroxylation is 1. The minimum absolute atomic E-state index is 0.0445. The first-order chi connectivity index (χ1) is 15.4. The summed E-state index contributed by atoms with van der Waals surface area (Å²) in [7, 11) is -3.06. The highest BCUT2D eigenvalue weighted by atomic mass is 32.2. The number of carbonyl (C=O) groups excluding carboxylic acids is 1. The van der Waals surface area contributed by atoms with E-state index in [0.29, 0.717) is 23.9 Å². The average molecular weight is 472 g/mol. The van der Waals surface area contributed by atoms with Crippen LogP contribution in [-0.4, -0.2) is 68.8 Å². The molecule has 0 saturated carbocycles. The molecule has 8 nitrogen and oxygen atoms in total. The maximum absolute atomic E-state index is 13.0. The number of para-hydroxylation sites is 1. The predicted molar refractivity (Wildman–Crippen MR) is 124 cm³/mol. The molecule has 0 bridgehead atoms. The van der Waals surface area contributed by atoms with E-state index in [1.165, 1.54) is 11.8 Å². The zero-order chi connectivity index (χ0) is 22.7. The van der Waals surface area contributed by atoms with Crippen LogP contribution in [0.3, 0.4) is 0 Å². The fourth-order valence-corrected chi connectivity index (χ4v) is 6.51. The Morgan fingerprint density at radius 1 is 1.19 bits per heavy atom. The van der Waals surface area contributed by atoms with Crippen molar-refractivity contribution in [2.45, 2.75) is 31.5 Å². The Morgan fingerprint density at radius 3 is 2.59 bits per heavy atom. The van der Waals surface area contributed by atoms with Crippen LogP contribution in [0.15, 0.2) is 53.9 Å². The van der Waals surface area contributed by atoms with Crippen molar-refractivity contribution in [1.29, 1.82) is 0 Å². The Hall–Kier alpha value is -2.72. The van der Waals surface area contributed by atoms with Crippen molar-refractivity contribution < 1.29 is 13.2 Å². The van der Waals surface area contributed by atoms with Crippen molar-refractivity contribution in [3.63, 3.8) is 0 Å². The van der Waals surface area contributed by atoms with Crippen LogP contribution in [0.4, 0.5) is 0 Å². The van der Waals surface area contributed by atoms with Gasteiger partial charge in [0, 0.05) is 30.5 Å². The van der Waals surface area contributed by atoms with Gasteiger partial charge >= 0.3 is 0 Å². The smallest absolute Gasteiger partial charge is 0.233 e. The lowest BCUT2D eigenvalue weighted by atomic mass is 10.2. The quantitative estimate of drug-likeness (QED) is 0.489. The molecule has 2 aromatic heterocycles. The van der Waals surface area contributed by atoms with Crippen LogP contribution in [-0.2, 0) is 14.6 Å². The summed E-state index contributed by atoms with van der Waals surface area (Å²) in [6, 6.07) is 11.4. The number of rotatable bonds is 7. The van der Waals surface area contributed by atoms with Gasteiger partial charge in [-0.05, 0) is 44.0 Å². The number of amides is 1. The molecule has 1 fully saturated rings. The van der Waals surface area contributed by atoms with Crippen molar-refractivity contribution >= 4 is 27.5 Å². The number of benzene rings is 1. The van der Waals surface area contributed by atoms with Gasteiger partial charge in [0.1, 0.15) is 0 Å². The van der Waals surface area contributed by atoms with E-state index in [4.69, 9.17) is 0 Å². The van der Waals surface area contributed by atoms with E-state index in [1.54, 1.807) is 17.3 Å². The zero-order valence-electron chi connectivity index (χ0n) is 18.0. The fourth-order valence-electron chi connectivity index (χ4n) is 3.95. The molecule has 0 radical (unpaired) electrons. The first-order valence-electron chi connectivity index (χ1n) is 10.4. The molecule has 0 N–H and O–H groups in total. The third kappa shape index (κ3) is 4.71. The first kappa shape index (κ1) is 22.5. The average Bonchev–Trinajstić information content (AvgIpc) is 3.36. The van der Waals surface area contributed by atoms with Crippen LogP contribution in [0.1, 0.15) is 18.9 Å². The number of pyridine rings is 1. The number of thioether (sulfide) groups is 1. The molecule has 1 aliphatic rings. The van der Waals surface area contributed by atoms with E-state index in [9.17, 15) is 13.2 Å². The van der Waals surface area contributed by atoms with Crippen LogP contribution in [0, 0.1) is 6.92 Å². The molecular weight excluding hydrogens is 446 g/mol. The van der Waals surface area contributed by atoms with Crippen LogP contribution in [0.25, 0.3) is 17.1 Å². The van der Waals surface area contributed by atoms with E-state index in [0.717, 1.165) is 16.8 Å². The van der Waals surface area contributed by atoms with Gasteiger partial charge in [0.25, 0.3) is 0 Å². The van der Waals surface area contributed by atoms with Crippen molar-refractivity contribution in [1.82, 2.24) is 24.6 Å². The Bertz CT molecular complexity index is 1210. The van der Waals surface area contributed by atoms with Crippen LogP contribution in [0.5, 0.6) is 0 Å². The summed E-state index contributed by atoms with van der Waals surface area (Å²) in [5, 5.41) is 9.39. The highest BCUT2D eigenvalue weighted by molar-refractivity contribution is 7.99. The minimum atomic E-state index is -3.06. The van der Waals surface area contributed by atoms with Crippen LogP contribution >= 0.6 is 11.8 Å². The van der Waals surface area contributed by atoms with Gasteiger partial charge in [-0.15, -0.1) is 10.2 Å². The number of sulfone groups is 1. The van der Waals surface area contributed by atoms with Gasteiger partial charge in [-0.2, -0.15) is 0 Å². The molecule has 4 rings (SSSR count). The lowest BCUT2D eigenvalue weighted by Crippen LogP contribution is -2.42. The van der Waals surface area contributed by atoms with Crippen molar-refractivity contribution in [3.8, 4) is 17.1 Å². The second kappa shape index (κ2) is 9.41. The molecule has 0 spiro atoms. The summed E-state index contributed by atoms with van der Waals surface area (Å²) < 4.78 is 25.7.